The van der Waals surface area contributed by atoms with Gasteiger partial charge in [-0.3, -0.25) is 0 Å². The van der Waals surface area contributed by atoms with E-state index in [1.54, 1.807) is 31.4 Å². The lowest BCUT2D eigenvalue weighted by molar-refractivity contribution is -0.198. The lowest BCUT2D eigenvalue weighted by Gasteiger charge is -2.17. The van der Waals surface area contributed by atoms with Crippen molar-refractivity contribution in [3.63, 3.8) is 0 Å². The van der Waals surface area contributed by atoms with Crippen LogP contribution >= 0.6 is 0 Å². The molecule has 0 N–H and O–H groups in total. The fourth-order valence-electron chi connectivity index (χ4n) is 2.97. The molecule has 3 aromatic carbocycles. The molecule has 0 saturated heterocycles. The predicted octanol–water partition coefficient (Wildman–Crippen LogP) is 6.00. The zero-order valence-electron chi connectivity index (χ0n) is 18.1. The number of hydrogen-bond acceptors (Lipinski definition) is 5. The van der Waals surface area contributed by atoms with Crippen molar-refractivity contribution >= 4 is 11.9 Å². The Kier molecular flexibility index (Phi) is 7.06. The largest absolute Gasteiger partial charge is 0.497 e. The molecule has 172 valence electrons. The molecule has 0 spiro atoms. The van der Waals surface area contributed by atoms with Crippen molar-refractivity contribution in [2.75, 3.05) is 7.11 Å². The highest BCUT2D eigenvalue weighted by atomic mass is 19.4. The van der Waals surface area contributed by atoms with E-state index in [4.69, 9.17) is 9.47 Å². The van der Waals surface area contributed by atoms with Crippen molar-refractivity contribution in [1.29, 1.82) is 0 Å². The van der Waals surface area contributed by atoms with Crippen LogP contribution in [-0.4, -0.2) is 31.3 Å². The van der Waals surface area contributed by atoms with Gasteiger partial charge < -0.3 is 14.2 Å². The van der Waals surface area contributed by atoms with Gasteiger partial charge in [-0.15, -0.1) is 0 Å². The minimum atomic E-state index is -4.65. The number of carbonyl (C=O) groups excluding carboxylic acids is 2. The lowest BCUT2D eigenvalue weighted by Crippen LogP contribution is -2.31. The van der Waals surface area contributed by atoms with Crippen LogP contribution in [0, 0.1) is 6.92 Å². The first kappa shape index (κ1) is 23.8. The number of esters is 2. The average Bonchev–Trinajstić information content (AvgIpc) is 2.78. The molecule has 0 fully saturated rings. The number of halogens is 3. The molecule has 0 saturated carbocycles. The Bertz CT molecular complexity index is 1140. The molecular formula is C25H21F3O5. The minimum absolute atomic E-state index is 0.0465. The third-order valence-corrected chi connectivity index (χ3v) is 4.92. The standard InChI is InChI=1S/C25H21F3O5/c1-15-14-21(12-13-22(15)24(30)32-16(2)25(26,27)28)33-23(29)19-6-4-17(5-7-19)18-8-10-20(31-3)11-9-18/h4-14,16H,1-3H3. The molecule has 0 aromatic heterocycles. The number of ether oxygens (including phenoxy) is 3. The maximum Gasteiger partial charge on any atom is 0.425 e. The number of carbonyl (C=O) groups is 2. The molecule has 0 amide bonds. The van der Waals surface area contributed by atoms with Gasteiger partial charge in [0.15, 0.2) is 6.10 Å². The minimum Gasteiger partial charge on any atom is -0.497 e. The Hall–Kier alpha value is -3.81. The fraction of sp³-hybridized carbons (Fsp3) is 0.200. The molecule has 0 bridgehead atoms. The molecule has 3 aromatic rings. The zero-order valence-corrected chi connectivity index (χ0v) is 18.1. The van der Waals surface area contributed by atoms with E-state index in [2.05, 4.69) is 4.74 Å². The van der Waals surface area contributed by atoms with Gasteiger partial charge in [-0.25, -0.2) is 9.59 Å². The first-order valence-electron chi connectivity index (χ1n) is 9.93. The summed E-state index contributed by atoms with van der Waals surface area (Å²) in [6.45, 7) is 2.26. The van der Waals surface area contributed by atoms with Crippen molar-refractivity contribution in [2.45, 2.75) is 26.1 Å². The second-order valence-corrected chi connectivity index (χ2v) is 7.26. The van der Waals surface area contributed by atoms with Crippen LogP contribution in [0.1, 0.15) is 33.2 Å². The van der Waals surface area contributed by atoms with Gasteiger partial charge in [-0.2, -0.15) is 13.2 Å². The third-order valence-electron chi connectivity index (χ3n) is 4.92. The molecule has 33 heavy (non-hydrogen) atoms. The second-order valence-electron chi connectivity index (χ2n) is 7.26. The topological polar surface area (TPSA) is 61.8 Å². The SMILES string of the molecule is COc1ccc(-c2ccc(C(=O)Oc3ccc(C(=O)OC(C)C(F)(F)F)c(C)c3)cc2)cc1. The van der Waals surface area contributed by atoms with E-state index in [0.29, 0.717) is 11.1 Å². The van der Waals surface area contributed by atoms with Crippen LogP contribution in [0.5, 0.6) is 11.5 Å². The number of rotatable bonds is 6. The maximum absolute atomic E-state index is 12.6. The highest BCUT2D eigenvalue weighted by Crippen LogP contribution is 2.26. The normalized spacial score (nSPS) is 12.1. The summed E-state index contributed by atoms with van der Waals surface area (Å²) in [6, 6.07) is 18.3. The van der Waals surface area contributed by atoms with Crippen molar-refractivity contribution in [1.82, 2.24) is 0 Å². The summed E-state index contributed by atoms with van der Waals surface area (Å²) in [5.74, 6) is -0.832. The summed E-state index contributed by atoms with van der Waals surface area (Å²) in [5.41, 5.74) is 2.44. The number of alkyl halides is 3. The van der Waals surface area contributed by atoms with E-state index in [-0.39, 0.29) is 11.3 Å². The highest BCUT2D eigenvalue weighted by Gasteiger charge is 2.39. The third kappa shape index (κ3) is 5.91. The molecule has 3 rings (SSSR count). The van der Waals surface area contributed by atoms with E-state index in [9.17, 15) is 22.8 Å². The van der Waals surface area contributed by atoms with Crippen LogP contribution in [0.25, 0.3) is 11.1 Å². The first-order chi connectivity index (χ1) is 15.6. The molecule has 1 unspecified atom stereocenters. The summed E-state index contributed by atoms with van der Waals surface area (Å²) < 4.78 is 52.8. The molecule has 0 radical (unpaired) electrons. The summed E-state index contributed by atoms with van der Waals surface area (Å²) in [6.07, 6.45) is -6.88. The maximum atomic E-state index is 12.6. The Morgan fingerprint density at radius 3 is 1.88 bits per heavy atom. The van der Waals surface area contributed by atoms with Gasteiger partial charge in [0, 0.05) is 0 Å². The van der Waals surface area contributed by atoms with Gasteiger partial charge in [0.2, 0.25) is 0 Å². The second kappa shape index (κ2) is 9.77. The van der Waals surface area contributed by atoms with E-state index in [1.807, 2.05) is 24.3 Å². The van der Waals surface area contributed by atoms with Crippen molar-refractivity contribution < 1.29 is 37.0 Å². The molecule has 1 atom stereocenters. The fourth-order valence-corrected chi connectivity index (χ4v) is 2.97. The number of hydrogen-bond donors (Lipinski definition) is 0. The number of benzene rings is 3. The monoisotopic (exact) mass is 458 g/mol. The predicted molar refractivity (Wildman–Crippen MR) is 116 cm³/mol. The van der Waals surface area contributed by atoms with Crippen LogP contribution < -0.4 is 9.47 Å². The number of aryl methyl sites for hydroxylation is 1. The molecule has 0 aliphatic rings. The van der Waals surface area contributed by atoms with Gasteiger partial charge in [0.1, 0.15) is 11.5 Å². The summed E-state index contributed by atoms with van der Waals surface area (Å²) >= 11 is 0. The average molecular weight is 458 g/mol. The number of methoxy groups -OCH3 is 1. The molecule has 8 heteroatoms. The Labute approximate surface area is 188 Å². The van der Waals surface area contributed by atoms with Gasteiger partial charge in [-0.05, 0) is 73.0 Å². The zero-order chi connectivity index (χ0) is 24.2. The molecule has 0 heterocycles. The summed E-state index contributed by atoms with van der Waals surface area (Å²) in [7, 11) is 1.59. The summed E-state index contributed by atoms with van der Waals surface area (Å²) in [4.78, 5) is 24.5. The van der Waals surface area contributed by atoms with E-state index >= 15 is 0 Å². The van der Waals surface area contributed by atoms with Crippen molar-refractivity contribution in [2.24, 2.45) is 0 Å². The van der Waals surface area contributed by atoms with Crippen LogP contribution in [0.2, 0.25) is 0 Å². The Morgan fingerprint density at radius 1 is 0.818 bits per heavy atom. The van der Waals surface area contributed by atoms with Crippen LogP contribution in [-0.2, 0) is 4.74 Å². The van der Waals surface area contributed by atoms with E-state index in [1.165, 1.54) is 25.1 Å². The quantitative estimate of drug-likeness (QED) is 0.335. The van der Waals surface area contributed by atoms with Crippen LogP contribution in [0.3, 0.4) is 0 Å². The summed E-state index contributed by atoms with van der Waals surface area (Å²) in [5, 5.41) is 0. The van der Waals surface area contributed by atoms with Crippen LogP contribution in [0.4, 0.5) is 13.2 Å². The highest BCUT2D eigenvalue weighted by molar-refractivity contribution is 5.93. The molecule has 5 nitrogen and oxygen atoms in total. The van der Waals surface area contributed by atoms with Gasteiger partial charge in [0.25, 0.3) is 0 Å². The molecule has 0 aliphatic carbocycles. The molecule has 0 aliphatic heterocycles. The van der Waals surface area contributed by atoms with E-state index < -0.39 is 24.2 Å². The van der Waals surface area contributed by atoms with Gasteiger partial charge in [-0.1, -0.05) is 24.3 Å². The van der Waals surface area contributed by atoms with Crippen LogP contribution in [0.15, 0.2) is 66.7 Å². The first-order valence-corrected chi connectivity index (χ1v) is 9.93. The lowest BCUT2D eigenvalue weighted by atomic mass is 10.0. The van der Waals surface area contributed by atoms with Crippen molar-refractivity contribution in [3.8, 4) is 22.6 Å². The molecular weight excluding hydrogens is 437 g/mol. The van der Waals surface area contributed by atoms with Gasteiger partial charge >= 0.3 is 18.1 Å². The van der Waals surface area contributed by atoms with Gasteiger partial charge in [0.05, 0.1) is 18.2 Å². The Balaban J connectivity index is 1.67. The Morgan fingerprint density at radius 2 is 1.36 bits per heavy atom. The van der Waals surface area contributed by atoms with Crippen molar-refractivity contribution in [3.05, 3.63) is 83.4 Å². The smallest absolute Gasteiger partial charge is 0.425 e. The van der Waals surface area contributed by atoms with E-state index in [0.717, 1.165) is 23.8 Å².